The molecule has 7 heteroatoms. The zero-order valence-electron chi connectivity index (χ0n) is 14.4. The molecule has 0 aliphatic carbocycles. The van der Waals surface area contributed by atoms with Gasteiger partial charge in [-0.05, 0) is 42.0 Å². The van der Waals surface area contributed by atoms with Gasteiger partial charge in [-0.15, -0.1) is 0 Å². The predicted molar refractivity (Wildman–Crippen MR) is 95.9 cm³/mol. The second-order valence-corrected chi connectivity index (χ2v) is 5.59. The fourth-order valence-corrected chi connectivity index (χ4v) is 2.38. The molecule has 2 aromatic carbocycles. The molecule has 5 nitrogen and oxygen atoms in total. The van der Waals surface area contributed by atoms with Gasteiger partial charge in [-0.25, -0.2) is 8.78 Å². The fraction of sp³-hybridized carbons (Fsp3) is 0.100. The Bertz CT molecular complexity index is 949. The molecule has 0 aliphatic heterocycles. The average Bonchev–Trinajstić information content (AvgIpc) is 2.67. The number of nitrogens with one attached hydrogen (secondary N) is 1. The number of ether oxygens (including phenoxy) is 2. The van der Waals surface area contributed by atoms with E-state index < -0.39 is 17.5 Å². The standard InChI is InChI=1S/C20H16F2N2O3/c1-26-18-5-3-15(11-19(18)27-12-13-6-8-23-9-7-13)24-20(25)16-4-2-14(21)10-17(16)22/h2-11H,12H2,1H3,(H,24,25). The van der Waals surface area contributed by atoms with Crippen molar-refractivity contribution < 1.29 is 23.0 Å². The summed E-state index contributed by atoms with van der Waals surface area (Å²) in [5, 5.41) is 2.56. The van der Waals surface area contributed by atoms with Crippen LogP contribution in [0.3, 0.4) is 0 Å². The highest BCUT2D eigenvalue weighted by atomic mass is 19.1. The Morgan fingerprint density at radius 2 is 1.81 bits per heavy atom. The van der Waals surface area contributed by atoms with E-state index in [-0.39, 0.29) is 12.2 Å². The van der Waals surface area contributed by atoms with Gasteiger partial charge in [0, 0.05) is 30.2 Å². The van der Waals surface area contributed by atoms with Crippen molar-refractivity contribution in [1.29, 1.82) is 0 Å². The van der Waals surface area contributed by atoms with Gasteiger partial charge in [0.2, 0.25) is 0 Å². The first-order valence-electron chi connectivity index (χ1n) is 8.03. The first-order valence-corrected chi connectivity index (χ1v) is 8.03. The summed E-state index contributed by atoms with van der Waals surface area (Å²) in [5.74, 6) is -1.49. The quantitative estimate of drug-likeness (QED) is 0.707. The van der Waals surface area contributed by atoms with Crippen LogP contribution in [-0.4, -0.2) is 18.0 Å². The minimum atomic E-state index is -0.935. The lowest BCUT2D eigenvalue weighted by Crippen LogP contribution is -2.14. The lowest BCUT2D eigenvalue weighted by Gasteiger charge is -2.13. The summed E-state index contributed by atoms with van der Waals surface area (Å²) in [5.41, 5.74) is 1.04. The van der Waals surface area contributed by atoms with Gasteiger partial charge in [0.05, 0.1) is 12.7 Å². The lowest BCUT2D eigenvalue weighted by atomic mass is 10.2. The molecule has 27 heavy (non-hydrogen) atoms. The van der Waals surface area contributed by atoms with E-state index in [1.165, 1.54) is 7.11 Å². The number of benzene rings is 2. The third-order valence-corrected chi connectivity index (χ3v) is 3.74. The van der Waals surface area contributed by atoms with Crippen LogP contribution < -0.4 is 14.8 Å². The molecule has 0 spiro atoms. The third-order valence-electron chi connectivity index (χ3n) is 3.74. The van der Waals surface area contributed by atoms with Gasteiger partial charge in [0.15, 0.2) is 11.5 Å². The molecule has 0 radical (unpaired) electrons. The smallest absolute Gasteiger partial charge is 0.258 e. The zero-order chi connectivity index (χ0) is 19.2. The second-order valence-electron chi connectivity index (χ2n) is 5.59. The van der Waals surface area contributed by atoms with Crippen molar-refractivity contribution in [2.75, 3.05) is 12.4 Å². The molecule has 0 saturated carbocycles. The predicted octanol–water partition coefficient (Wildman–Crippen LogP) is 4.20. The maximum Gasteiger partial charge on any atom is 0.258 e. The van der Waals surface area contributed by atoms with Crippen molar-refractivity contribution in [3.8, 4) is 11.5 Å². The molecule has 0 unspecified atom stereocenters. The van der Waals surface area contributed by atoms with Crippen LogP contribution in [0.4, 0.5) is 14.5 Å². The number of carbonyl (C=O) groups is 1. The fourth-order valence-electron chi connectivity index (χ4n) is 2.38. The van der Waals surface area contributed by atoms with Gasteiger partial charge in [0.25, 0.3) is 5.91 Å². The van der Waals surface area contributed by atoms with Crippen molar-refractivity contribution in [1.82, 2.24) is 4.98 Å². The number of halogens is 2. The van der Waals surface area contributed by atoms with Gasteiger partial charge in [-0.1, -0.05) is 0 Å². The average molecular weight is 370 g/mol. The Morgan fingerprint density at radius 1 is 1.04 bits per heavy atom. The summed E-state index contributed by atoms with van der Waals surface area (Å²) >= 11 is 0. The number of rotatable bonds is 6. The van der Waals surface area contributed by atoms with Crippen molar-refractivity contribution in [3.63, 3.8) is 0 Å². The van der Waals surface area contributed by atoms with E-state index in [1.54, 1.807) is 30.6 Å². The number of pyridine rings is 1. The summed E-state index contributed by atoms with van der Waals surface area (Å²) < 4.78 is 37.8. The van der Waals surface area contributed by atoms with E-state index in [4.69, 9.17) is 9.47 Å². The van der Waals surface area contributed by atoms with Crippen LogP contribution in [0.5, 0.6) is 11.5 Å². The molecule has 1 heterocycles. The number of nitrogens with zero attached hydrogens (tertiary/aromatic N) is 1. The highest BCUT2D eigenvalue weighted by Gasteiger charge is 2.14. The summed E-state index contributed by atoms with van der Waals surface area (Å²) in [7, 11) is 1.50. The molecule has 3 aromatic rings. The van der Waals surface area contributed by atoms with Gasteiger partial charge in [-0.2, -0.15) is 0 Å². The number of carbonyl (C=O) groups excluding carboxylic acids is 1. The summed E-state index contributed by atoms with van der Waals surface area (Å²) in [6, 6.07) is 11.2. The maximum atomic E-state index is 13.8. The number of amides is 1. The van der Waals surface area contributed by atoms with Gasteiger partial charge < -0.3 is 14.8 Å². The summed E-state index contributed by atoms with van der Waals surface area (Å²) in [4.78, 5) is 16.2. The number of aromatic nitrogens is 1. The molecule has 0 fully saturated rings. The summed E-state index contributed by atoms with van der Waals surface area (Å²) in [6.07, 6.45) is 3.31. The molecule has 1 amide bonds. The largest absolute Gasteiger partial charge is 0.493 e. The Balaban J connectivity index is 1.77. The monoisotopic (exact) mass is 370 g/mol. The third kappa shape index (κ3) is 4.58. The van der Waals surface area contributed by atoms with Crippen molar-refractivity contribution >= 4 is 11.6 Å². The van der Waals surface area contributed by atoms with Gasteiger partial charge in [0.1, 0.15) is 18.2 Å². The van der Waals surface area contributed by atoms with Crippen LogP contribution in [0, 0.1) is 11.6 Å². The Kier molecular flexibility index (Phi) is 5.61. The molecular formula is C20H16F2N2O3. The molecule has 3 rings (SSSR count). The van der Waals surface area contributed by atoms with Gasteiger partial charge in [-0.3, -0.25) is 9.78 Å². The van der Waals surface area contributed by atoms with Crippen molar-refractivity contribution in [2.45, 2.75) is 6.61 Å². The van der Waals surface area contributed by atoms with Crippen LogP contribution in [0.25, 0.3) is 0 Å². The molecular weight excluding hydrogens is 354 g/mol. The maximum absolute atomic E-state index is 13.8. The Labute approximate surface area is 154 Å². The van der Waals surface area contributed by atoms with Crippen LogP contribution in [0.1, 0.15) is 15.9 Å². The van der Waals surface area contributed by atoms with E-state index in [0.29, 0.717) is 23.3 Å². The lowest BCUT2D eigenvalue weighted by molar-refractivity contribution is 0.102. The van der Waals surface area contributed by atoms with Crippen LogP contribution in [-0.2, 0) is 6.61 Å². The first kappa shape index (κ1) is 18.3. The van der Waals surface area contributed by atoms with Crippen LogP contribution >= 0.6 is 0 Å². The molecule has 0 bridgehead atoms. The van der Waals surface area contributed by atoms with E-state index >= 15 is 0 Å². The zero-order valence-corrected chi connectivity index (χ0v) is 14.4. The number of methoxy groups -OCH3 is 1. The normalized spacial score (nSPS) is 10.3. The minimum Gasteiger partial charge on any atom is -0.493 e. The van der Waals surface area contributed by atoms with Gasteiger partial charge >= 0.3 is 0 Å². The second kappa shape index (κ2) is 8.27. The number of hydrogen-bond donors (Lipinski definition) is 1. The van der Waals surface area contributed by atoms with E-state index in [9.17, 15) is 13.6 Å². The highest BCUT2D eigenvalue weighted by molar-refractivity contribution is 6.04. The molecule has 138 valence electrons. The minimum absolute atomic E-state index is 0.258. The highest BCUT2D eigenvalue weighted by Crippen LogP contribution is 2.31. The Hall–Kier alpha value is -3.48. The molecule has 0 aliphatic rings. The van der Waals surface area contributed by atoms with E-state index in [1.807, 2.05) is 12.1 Å². The molecule has 1 aromatic heterocycles. The van der Waals surface area contributed by atoms with Crippen LogP contribution in [0.15, 0.2) is 60.9 Å². The Morgan fingerprint density at radius 3 is 2.52 bits per heavy atom. The van der Waals surface area contributed by atoms with Crippen LogP contribution in [0.2, 0.25) is 0 Å². The molecule has 1 N–H and O–H groups in total. The summed E-state index contributed by atoms with van der Waals surface area (Å²) in [6.45, 7) is 0.281. The molecule has 0 atom stereocenters. The number of anilines is 1. The molecule has 0 saturated heterocycles. The number of hydrogen-bond acceptors (Lipinski definition) is 4. The first-order chi connectivity index (χ1) is 13.1. The topological polar surface area (TPSA) is 60.5 Å². The SMILES string of the molecule is COc1ccc(NC(=O)c2ccc(F)cc2F)cc1OCc1ccncc1. The van der Waals surface area contributed by atoms with Crippen molar-refractivity contribution in [2.24, 2.45) is 0 Å². The van der Waals surface area contributed by atoms with E-state index in [0.717, 1.165) is 17.7 Å². The van der Waals surface area contributed by atoms with E-state index in [2.05, 4.69) is 10.3 Å². The van der Waals surface area contributed by atoms with Crippen molar-refractivity contribution in [3.05, 3.63) is 83.7 Å².